The average molecular weight is 515 g/mol. The lowest BCUT2D eigenvalue weighted by atomic mass is 9.98. The molecule has 7 heteroatoms. The van der Waals surface area contributed by atoms with E-state index in [1.807, 2.05) is 91.0 Å². The Labute approximate surface area is 220 Å². The fraction of sp³-hybridized carbons (Fsp3) is 0.207. The summed E-state index contributed by atoms with van der Waals surface area (Å²) in [6.45, 7) is 2.00. The Morgan fingerprint density at radius 1 is 0.889 bits per heavy atom. The van der Waals surface area contributed by atoms with Gasteiger partial charge in [-0.1, -0.05) is 96.2 Å². The molecule has 0 radical (unpaired) electrons. The van der Waals surface area contributed by atoms with E-state index < -0.39 is 0 Å². The minimum absolute atomic E-state index is 0.116. The Bertz CT molecular complexity index is 1270. The molecule has 2 heterocycles. The quantitative estimate of drug-likeness (QED) is 0.164. The summed E-state index contributed by atoms with van der Waals surface area (Å²) in [5.74, 6) is 1.41. The molecule has 0 bridgehead atoms. The fourth-order valence-electron chi connectivity index (χ4n) is 4.37. The van der Waals surface area contributed by atoms with Crippen molar-refractivity contribution >= 4 is 35.1 Å². The summed E-state index contributed by atoms with van der Waals surface area (Å²) in [5, 5.41) is 4.32. The second-order valence-corrected chi connectivity index (χ2v) is 10.1. The number of carbonyl (C=O) groups excluding carboxylic acids is 1. The molecule has 182 valence electrons. The number of nitrogens with zero attached hydrogens (tertiary/aromatic N) is 3. The summed E-state index contributed by atoms with van der Waals surface area (Å²) in [6.07, 6.45) is 2.35. The molecule has 1 aliphatic rings. The molecule has 1 aromatic heterocycles. The van der Waals surface area contributed by atoms with Crippen LogP contribution < -0.4 is 10.2 Å². The Morgan fingerprint density at radius 3 is 2.22 bits per heavy atom. The first-order chi connectivity index (χ1) is 17.7. The molecule has 0 atom stereocenters. The Kier molecular flexibility index (Phi) is 7.84. The van der Waals surface area contributed by atoms with Gasteiger partial charge in [0.25, 0.3) is 5.91 Å². The molecule has 0 aliphatic carbocycles. The number of hydrogen-bond acceptors (Lipinski definition) is 5. The highest BCUT2D eigenvalue weighted by Crippen LogP contribution is 2.27. The van der Waals surface area contributed by atoms with E-state index in [1.54, 1.807) is 0 Å². The predicted octanol–water partition coefficient (Wildman–Crippen LogP) is 6.54. The van der Waals surface area contributed by atoms with Crippen LogP contribution in [0.1, 0.15) is 45.9 Å². The van der Waals surface area contributed by atoms with Crippen molar-refractivity contribution in [1.82, 2.24) is 15.3 Å². The van der Waals surface area contributed by atoms with Crippen LogP contribution in [0.4, 0.5) is 5.82 Å². The average Bonchev–Trinajstić information content (AvgIpc) is 3.47. The molecule has 1 saturated heterocycles. The third-order valence-electron chi connectivity index (χ3n) is 6.19. The zero-order valence-electron chi connectivity index (χ0n) is 19.8. The lowest BCUT2D eigenvalue weighted by Crippen LogP contribution is -2.29. The summed E-state index contributed by atoms with van der Waals surface area (Å²) >= 11 is 7.81. The van der Waals surface area contributed by atoms with Gasteiger partial charge in [-0.3, -0.25) is 4.79 Å². The van der Waals surface area contributed by atoms with Crippen LogP contribution in [0.2, 0.25) is 5.15 Å². The first-order valence-electron chi connectivity index (χ1n) is 12.1. The number of hydrogen-bond donors (Lipinski definition) is 1. The minimum Gasteiger partial charge on any atom is -0.356 e. The van der Waals surface area contributed by atoms with Gasteiger partial charge in [0.15, 0.2) is 5.16 Å². The molecule has 1 amide bonds. The van der Waals surface area contributed by atoms with Crippen LogP contribution >= 0.6 is 23.4 Å². The van der Waals surface area contributed by atoms with Gasteiger partial charge in [-0.2, -0.15) is 0 Å². The van der Waals surface area contributed by atoms with Crippen molar-refractivity contribution in [2.45, 2.75) is 29.8 Å². The fourth-order valence-corrected chi connectivity index (χ4v) is 5.40. The van der Waals surface area contributed by atoms with Crippen LogP contribution in [0.15, 0.2) is 96.2 Å². The maximum absolute atomic E-state index is 13.3. The molecule has 1 aliphatic heterocycles. The van der Waals surface area contributed by atoms with E-state index in [-0.39, 0.29) is 11.9 Å². The van der Waals surface area contributed by atoms with E-state index in [0.29, 0.717) is 21.6 Å². The van der Waals surface area contributed by atoms with Crippen molar-refractivity contribution in [1.29, 1.82) is 0 Å². The second kappa shape index (κ2) is 11.6. The van der Waals surface area contributed by atoms with E-state index in [9.17, 15) is 4.79 Å². The van der Waals surface area contributed by atoms with Gasteiger partial charge in [-0.15, -0.1) is 0 Å². The van der Waals surface area contributed by atoms with Crippen molar-refractivity contribution < 1.29 is 4.79 Å². The smallest absolute Gasteiger partial charge is 0.252 e. The number of amides is 1. The maximum atomic E-state index is 13.3. The maximum Gasteiger partial charge on any atom is 0.252 e. The van der Waals surface area contributed by atoms with Crippen molar-refractivity contribution in [3.63, 3.8) is 0 Å². The zero-order valence-corrected chi connectivity index (χ0v) is 21.4. The van der Waals surface area contributed by atoms with Gasteiger partial charge in [-0.25, -0.2) is 9.97 Å². The number of aromatic nitrogens is 2. The molecule has 0 saturated carbocycles. The van der Waals surface area contributed by atoms with Crippen LogP contribution in [0, 0.1) is 0 Å². The molecule has 36 heavy (non-hydrogen) atoms. The highest BCUT2D eigenvalue weighted by molar-refractivity contribution is 7.98. The largest absolute Gasteiger partial charge is 0.356 e. The van der Waals surface area contributed by atoms with E-state index in [2.05, 4.69) is 15.2 Å². The lowest BCUT2D eigenvalue weighted by molar-refractivity contribution is 0.0943. The summed E-state index contributed by atoms with van der Waals surface area (Å²) < 4.78 is 0. The monoisotopic (exact) mass is 514 g/mol. The Balaban J connectivity index is 1.30. The zero-order chi connectivity index (χ0) is 24.7. The number of nitrogens with one attached hydrogen (secondary N) is 1. The molecule has 5 nitrogen and oxygen atoms in total. The first kappa shape index (κ1) is 24.3. The van der Waals surface area contributed by atoms with Gasteiger partial charge in [0, 0.05) is 30.5 Å². The van der Waals surface area contributed by atoms with Crippen LogP contribution in [-0.2, 0) is 5.75 Å². The number of thioether (sulfide) groups is 1. The Hall–Kier alpha value is -3.35. The number of anilines is 1. The first-order valence-corrected chi connectivity index (χ1v) is 13.4. The van der Waals surface area contributed by atoms with Crippen LogP contribution in [0.3, 0.4) is 0 Å². The number of benzene rings is 3. The van der Waals surface area contributed by atoms with E-state index in [4.69, 9.17) is 16.6 Å². The van der Waals surface area contributed by atoms with Crippen molar-refractivity contribution in [2.24, 2.45) is 0 Å². The standard InChI is InChI=1S/C29H27ClN4OS/c30-25-19-26(34-16-7-8-17-34)32-29(31-25)36-20-21-10-9-15-24(18-21)28(35)33-27(22-11-3-1-4-12-22)23-13-5-2-6-14-23/h1-6,9-15,18-19,27H,7-8,16-17,20H2,(H,33,35). The van der Waals surface area contributed by atoms with E-state index in [0.717, 1.165) is 35.6 Å². The molecular weight excluding hydrogens is 488 g/mol. The number of rotatable bonds is 8. The van der Waals surface area contributed by atoms with Crippen LogP contribution in [-0.4, -0.2) is 29.0 Å². The van der Waals surface area contributed by atoms with Gasteiger partial charge in [0.1, 0.15) is 11.0 Å². The molecule has 5 rings (SSSR count). The van der Waals surface area contributed by atoms with E-state index in [1.165, 1.54) is 24.6 Å². The summed E-state index contributed by atoms with van der Waals surface area (Å²) in [4.78, 5) is 24.7. The predicted molar refractivity (Wildman–Crippen MR) is 147 cm³/mol. The normalized spacial score (nSPS) is 13.2. The van der Waals surface area contributed by atoms with Crippen LogP contribution in [0.5, 0.6) is 0 Å². The van der Waals surface area contributed by atoms with Gasteiger partial charge in [0.05, 0.1) is 6.04 Å². The highest BCUT2D eigenvalue weighted by atomic mass is 35.5. The third kappa shape index (κ3) is 6.07. The highest BCUT2D eigenvalue weighted by Gasteiger charge is 2.18. The second-order valence-electron chi connectivity index (χ2n) is 8.74. The van der Waals surface area contributed by atoms with Crippen molar-refractivity contribution in [3.8, 4) is 0 Å². The molecule has 1 fully saturated rings. The molecule has 4 aromatic rings. The lowest BCUT2D eigenvalue weighted by Gasteiger charge is -2.20. The van der Waals surface area contributed by atoms with Gasteiger partial charge < -0.3 is 10.2 Å². The SMILES string of the molecule is O=C(NC(c1ccccc1)c1ccccc1)c1cccc(CSc2nc(Cl)cc(N3CCCC3)n2)c1. The Morgan fingerprint density at radius 2 is 1.56 bits per heavy atom. The molecule has 0 spiro atoms. The van der Waals surface area contributed by atoms with Gasteiger partial charge in [-0.05, 0) is 41.7 Å². The minimum atomic E-state index is -0.234. The van der Waals surface area contributed by atoms with Gasteiger partial charge in [0.2, 0.25) is 0 Å². The third-order valence-corrected chi connectivity index (χ3v) is 7.30. The topological polar surface area (TPSA) is 58.1 Å². The molecular formula is C29H27ClN4OS. The molecule has 3 aromatic carbocycles. The van der Waals surface area contributed by atoms with E-state index >= 15 is 0 Å². The van der Waals surface area contributed by atoms with Crippen molar-refractivity contribution in [2.75, 3.05) is 18.0 Å². The summed E-state index contributed by atoms with van der Waals surface area (Å²) in [5.41, 5.74) is 3.72. The van der Waals surface area contributed by atoms with Crippen LogP contribution in [0.25, 0.3) is 0 Å². The van der Waals surface area contributed by atoms with Crippen molar-refractivity contribution in [3.05, 3.63) is 118 Å². The number of carbonyl (C=O) groups is 1. The molecule has 1 N–H and O–H groups in total. The van der Waals surface area contributed by atoms with Gasteiger partial charge >= 0.3 is 0 Å². The summed E-state index contributed by atoms with van der Waals surface area (Å²) in [6, 6.07) is 29.4. The summed E-state index contributed by atoms with van der Waals surface area (Å²) in [7, 11) is 0. The number of halogens is 1. The molecule has 0 unspecified atom stereocenters.